The minimum Gasteiger partial charge on any atom is -0.326 e. The number of thioether (sulfide) groups is 1. The molecule has 3 rings (SSSR count). The smallest absolute Gasteiger partial charge is 0.242 e. The van der Waals surface area contributed by atoms with Crippen molar-refractivity contribution in [3.63, 3.8) is 0 Å². The van der Waals surface area contributed by atoms with E-state index < -0.39 is 5.25 Å². The number of anilines is 1. The Labute approximate surface area is 170 Å². The summed E-state index contributed by atoms with van der Waals surface area (Å²) in [6, 6.07) is 15.5. The Bertz CT molecular complexity index is 910. The van der Waals surface area contributed by atoms with Gasteiger partial charge in [0.15, 0.2) is 5.17 Å². The first-order valence-corrected chi connectivity index (χ1v) is 10.4. The van der Waals surface area contributed by atoms with Crippen molar-refractivity contribution < 1.29 is 9.59 Å². The van der Waals surface area contributed by atoms with Gasteiger partial charge in [-0.05, 0) is 43.5 Å². The highest BCUT2D eigenvalue weighted by atomic mass is 32.2. The van der Waals surface area contributed by atoms with Gasteiger partial charge in [0.1, 0.15) is 5.25 Å². The maximum atomic E-state index is 12.9. The molecule has 1 N–H and O–H groups in total. The Morgan fingerprint density at radius 1 is 1.11 bits per heavy atom. The minimum atomic E-state index is -0.446. The molecule has 1 atom stereocenters. The van der Waals surface area contributed by atoms with Crippen molar-refractivity contribution in [1.29, 1.82) is 0 Å². The summed E-state index contributed by atoms with van der Waals surface area (Å²) in [5.41, 5.74) is 3.68. The van der Waals surface area contributed by atoms with Crippen LogP contribution in [-0.2, 0) is 9.59 Å². The molecule has 1 fully saturated rings. The van der Waals surface area contributed by atoms with Crippen molar-refractivity contribution in [3.8, 4) is 0 Å². The summed E-state index contributed by atoms with van der Waals surface area (Å²) < 4.78 is 0. The van der Waals surface area contributed by atoms with Crippen LogP contribution in [0.1, 0.15) is 30.9 Å². The molecule has 0 aromatic heterocycles. The van der Waals surface area contributed by atoms with E-state index in [-0.39, 0.29) is 18.2 Å². The summed E-state index contributed by atoms with van der Waals surface area (Å²) in [6.45, 7) is 6.58. The Balaban J connectivity index is 1.75. The lowest BCUT2D eigenvalue weighted by molar-refractivity contribution is -0.128. The molecular weight excluding hydrogens is 370 g/mol. The van der Waals surface area contributed by atoms with E-state index in [0.29, 0.717) is 11.7 Å². The summed E-state index contributed by atoms with van der Waals surface area (Å²) in [5, 5.41) is 3.15. The first-order valence-electron chi connectivity index (χ1n) is 9.47. The number of benzene rings is 2. The average molecular weight is 396 g/mol. The molecule has 2 aromatic carbocycles. The van der Waals surface area contributed by atoms with Gasteiger partial charge in [-0.15, -0.1) is 0 Å². The number of aryl methyl sites for hydroxylation is 2. The number of carbonyl (C=O) groups excluding carboxylic acids is 2. The van der Waals surface area contributed by atoms with Crippen LogP contribution < -0.4 is 5.32 Å². The lowest BCUT2D eigenvalue weighted by atomic mass is 10.2. The molecule has 6 heteroatoms. The van der Waals surface area contributed by atoms with E-state index in [9.17, 15) is 9.59 Å². The molecule has 0 unspecified atom stereocenters. The fourth-order valence-corrected chi connectivity index (χ4v) is 4.21. The summed E-state index contributed by atoms with van der Waals surface area (Å²) in [4.78, 5) is 31.8. The third kappa shape index (κ3) is 4.62. The number of amides is 2. The van der Waals surface area contributed by atoms with Crippen molar-refractivity contribution in [2.24, 2.45) is 4.99 Å². The predicted molar refractivity (Wildman–Crippen MR) is 116 cm³/mol. The number of aliphatic imine (C=N–C) groups is 1. The lowest BCUT2D eigenvalue weighted by Crippen LogP contribution is -2.34. The molecule has 1 aliphatic heterocycles. The van der Waals surface area contributed by atoms with Gasteiger partial charge in [0.2, 0.25) is 11.8 Å². The number of nitrogens with one attached hydrogen (secondary N) is 1. The molecule has 0 spiro atoms. The van der Waals surface area contributed by atoms with Crippen LogP contribution in [0.5, 0.6) is 0 Å². The van der Waals surface area contributed by atoms with Gasteiger partial charge in [-0.25, -0.2) is 4.99 Å². The highest BCUT2D eigenvalue weighted by Crippen LogP contribution is 2.32. The number of para-hydroxylation sites is 2. The second-order valence-electron chi connectivity index (χ2n) is 6.84. The second-order valence-corrected chi connectivity index (χ2v) is 8.01. The van der Waals surface area contributed by atoms with Crippen LogP contribution >= 0.6 is 11.8 Å². The topological polar surface area (TPSA) is 61.8 Å². The van der Waals surface area contributed by atoms with Crippen LogP contribution in [0.3, 0.4) is 0 Å². The van der Waals surface area contributed by atoms with Gasteiger partial charge < -0.3 is 5.32 Å². The molecular formula is C22H25N3O2S. The van der Waals surface area contributed by atoms with Gasteiger partial charge in [0, 0.05) is 18.7 Å². The summed E-state index contributed by atoms with van der Waals surface area (Å²) in [5.74, 6) is -0.201. The lowest BCUT2D eigenvalue weighted by Gasteiger charge is -2.15. The summed E-state index contributed by atoms with van der Waals surface area (Å²) >= 11 is 1.38. The van der Waals surface area contributed by atoms with Crippen molar-refractivity contribution >= 4 is 40.1 Å². The van der Waals surface area contributed by atoms with Gasteiger partial charge in [0.25, 0.3) is 0 Å². The molecule has 0 bridgehead atoms. The van der Waals surface area contributed by atoms with Gasteiger partial charge in [-0.1, -0.05) is 55.1 Å². The Kier molecular flexibility index (Phi) is 6.52. The van der Waals surface area contributed by atoms with E-state index in [0.717, 1.165) is 28.9 Å². The third-order valence-corrected chi connectivity index (χ3v) is 5.76. The molecule has 28 heavy (non-hydrogen) atoms. The maximum absolute atomic E-state index is 12.9. The normalized spacial score (nSPS) is 18.0. The van der Waals surface area contributed by atoms with Gasteiger partial charge >= 0.3 is 0 Å². The Morgan fingerprint density at radius 3 is 2.46 bits per heavy atom. The van der Waals surface area contributed by atoms with E-state index in [2.05, 4.69) is 5.32 Å². The maximum Gasteiger partial charge on any atom is 0.242 e. The van der Waals surface area contributed by atoms with E-state index in [1.165, 1.54) is 11.8 Å². The van der Waals surface area contributed by atoms with Crippen molar-refractivity contribution in [1.82, 2.24) is 4.90 Å². The standard InChI is InChI=1S/C22H25N3O2S/c1-4-13-25-21(27)19(14-20(26)23-17-11-7-5-9-15(17)2)28-22(25)24-18-12-8-6-10-16(18)3/h5-12,19H,4,13-14H2,1-3H3,(H,23,26)/t19-/m1/s1. The third-order valence-electron chi connectivity index (χ3n) is 4.59. The van der Waals surface area contributed by atoms with Crippen LogP contribution in [0, 0.1) is 13.8 Å². The molecule has 5 nitrogen and oxygen atoms in total. The monoisotopic (exact) mass is 395 g/mol. The van der Waals surface area contributed by atoms with Crippen molar-refractivity contribution in [2.75, 3.05) is 11.9 Å². The highest BCUT2D eigenvalue weighted by molar-refractivity contribution is 8.15. The number of rotatable bonds is 6. The van der Waals surface area contributed by atoms with Gasteiger partial charge in [0.05, 0.1) is 5.69 Å². The average Bonchev–Trinajstić information content (AvgIpc) is 2.94. The fourth-order valence-electron chi connectivity index (χ4n) is 3.03. The van der Waals surface area contributed by atoms with Crippen molar-refractivity contribution in [3.05, 3.63) is 59.7 Å². The first kappa shape index (κ1) is 20.1. The zero-order valence-electron chi connectivity index (χ0n) is 16.4. The van der Waals surface area contributed by atoms with Crippen LogP contribution in [0.25, 0.3) is 0 Å². The Morgan fingerprint density at radius 2 is 1.79 bits per heavy atom. The molecule has 1 saturated heterocycles. The summed E-state index contributed by atoms with van der Waals surface area (Å²) in [7, 11) is 0. The van der Waals surface area contributed by atoms with E-state index in [1.54, 1.807) is 4.90 Å². The van der Waals surface area contributed by atoms with Gasteiger partial charge in [-0.3, -0.25) is 14.5 Å². The number of hydrogen-bond acceptors (Lipinski definition) is 4. The first-order chi connectivity index (χ1) is 13.5. The van der Waals surface area contributed by atoms with Crippen LogP contribution in [0.4, 0.5) is 11.4 Å². The van der Waals surface area contributed by atoms with E-state index in [1.807, 2.05) is 69.3 Å². The predicted octanol–water partition coefficient (Wildman–Crippen LogP) is 4.67. The number of nitrogens with zero attached hydrogens (tertiary/aromatic N) is 2. The summed E-state index contributed by atoms with van der Waals surface area (Å²) in [6.07, 6.45) is 0.964. The molecule has 0 radical (unpaired) electrons. The molecule has 146 valence electrons. The van der Waals surface area contributed by atoms with Crippen molar-refractivity contribution in [2.45, 2.75) is 38.9 Å². The quantitative estimate of drug-likeness (QED) is 0.773. The van der Waals surface area contributed by atoms with Crippen LogP contribution in [0.15, 0.2) is 53.5 Å². The molecule has 0 saturated carbocycles. The zero-order chi connectivity index (χ0) is 20.1. The zero-order valence-corrected chi connectivity index (χ0v) is 17.3. The molecule has 1 heterocycles. The molecule has 0 aliphatic carbocycles. The molecule has 2 amide bonds. The number of amidine groups is 1. The molecule has 1 aliphatic rings. The van der Waals surface area contributed by atoms with Gasteiger partial charge in [-0.2, -0.15) is 0 Å². The van der Waals surface area contributed by atoms with E-state index in [4.69, 9.17) is 4.99 Å². The Hall–Kier alpha value is -2.60. The number of hydrogen-bond donors (Lipinski definition) is 1. The van der Waals surface area contributed by atoms with Crippen LogP contribution in [-0.4, -0.2) is 33.7 Å². The highest BCUT2D eigenvalue weighted by Gasteiger charge is 2.38. The number of carbonyl (C=O) groups is 2. The fraction of sp³-hybridized carbons (Fsp3) is 0.318. The minimum absolute atomic E-state index is 0.0425. The molecule has 2 aromatic rings. The van der Waals surface area contributed by atoms with Crippen LogP contribution in [0.2, 0.25) is 0 Å². The van der Waals surface area contributed by atoms with E-state index >= 15 is 0 Å². The second kappa shape index (κ2) is 9.06. The largest absolute Gasteiger partial charge is 0.326 e. The SMILES string of the molecule is CCCN1C(=O)[C@@H](CC(=O)Nc2ccccc2C)SC1=Nc1ccccc1C.